The molecule has 1 aliphatic carbocycles. The lowest BCUT2D eigenvalue weighted by atomic mass is 9.85. The Morgan fingerprint density at radius 1 is 1.29 bits per heavy atom. The van der Waals surface area contributed by atoms with Gasteiger partial charge in [0.2, 0.25) is 5.91 Å². The van der Waals surface area contributed by atoms with Crippen LogP contribution >= 0.6 is 11.3 Å². The molecule has 2 N–H and O–H groups in total. The van der Waals surface area contributed by atoms with Crippen molar-refractivity contribution in [2.75, 3.05) is 12.8 Å². The van der Waals surface area contributed by atoms with Gasteiger partial charge in [0.25, 0.3) is 0 Å². The Labute approximate surface area is 211 Å². The number of amides is 1. The maximum absolute atomic E-state index is 12.4. The molecule has 182 valence electrons. The average molecular weight is 510 g/mol. The van der Waals surface area contributed by atoms with Gasteiger partial charge in [0, 0.05) is 24.2 Å². The molecular formula is C25H27N5O3S2. The smallest absolute Gasteiger partial charge is 0.233 e. The molecule has 8 nitrogen and oxygen atoms in total. The molecule has 4 rings (SSSR count). The Hall–Kier alpha value is -3.13. The molecule has 1 amide bonds. The number of aromatic nitrogens is 2. The van der Waals surface area contributed by atoms with Crippen molar-refractivity contribution in [1.29, 1.82) is 5.26 Å². The van der Waals surface area contributed by atoms with E-state index in [0.717, 1.165) is 51.5 Å². The van der Waals surface area contributed by atoms with Gasteiger partial charge in [0.15, 0.2) is 0 Å². The summed E-state index contributed by atoms with van der Waals surface area (Å²) in [5.74, 6) is 0.221. The van der Waals surface area contributed by atoms with E-state index in [9.17, 15) is 14.3 Å². The first-order valence-electron chi connectivity index (χ1n) is 11.4. The van der Waals surface area contributed by atoms with E-state index in [4.69, 9.17) is 4.74 Å². The predicted molar refractivity (Wildman–Crippen MR) is 137 cm³/mol. The molecule has 0 fully saturated rings. The minimum atomic E-state index is -1.46. The van der Waals surface area contributed by atoms with E-state index in [2.05, 4.69) is 26.3 Å². The molecule has 0 radical (unpaired) electrons. The van der Waals surface area contributed by atoms with Crippen molar-refractivity contribution in [3.8, 4) is 33.0 Å². The van der Waals surface area contributed by atoms with Crippen LogP contribution in [0, 0.1) is 11.3 Å². The first-order chi connectivity index (χ1) is 16.9. The Morgan fingerprint density at radius 2 is 2.09 bits per heavy atom. The third-order valence-electron chi connectivity index (χ3n) is 5.69. The summed E-state index contributed by atoms with van der Waals surface area (Å²) in [5, 5.41) is 22.4. The second kappa shape index (κ2) is 11.1. The van der Waals surface area contributed by atoms with Crippen molar-refractivity contribution in [2.45, 2.75) is 45.3 Å². The number of carbonyl (C=O) groups is 1. The van der Waals surface area contributed by atoms with Gasteiger partial charge < -0.3 is 10.1 Å². The first kappa shape index (κ1) is 25.0. The van der Waals surface area contributed by atoms with Crippen molar-refractivity contribution < 1.29 is 13.7 Å². The Kier molecular flexibility index (Phi) is 7.90. The van der Waals surface area contributed by atoms with Crippen molar-refractivity contribution in [1.82, 2.24) is 20.2 Å². The fourth-order valence-corrected chi connectivity index (χ4v) is 6.04. The summed E-state index contributed by atoms with van der Waals surface area (Å²) in [6.07, 6.45) is 2.65. The zero-order valence-electron chi connectivity index (χ0n) is 19.8. The number of benzene rings is 2. The zero-order valence-corrected chi connectivity index (χ0v) is 21.5. The number of rotatable bonds is 8. The molecule has 10 heteroatoms. The fourth-order valence-electron chi connectivity index (χ4n) is 4.12. The van der Waals surface area contributed by atoms with E-state index in [1.165, 1.54) is 18.4 Å². The predicted octanol–water partition coefficient (Wildman–Crippen LogP) is 3.91. The van der Waals surface area contributed by atoms with Crippen molar-refractivity contribution in [2.24, 2.45) is 0 Å². The second-order valence-corrected chi connectivity index (χ2v) is 10.7. The van der Waals surface area contributed by atoms with Gasteiger partial charge in [-0.15, -0.1) is 10.2 Å². The lowest BCUT2D eigenvalue weighted by Gasteiger charge is -2.27. The number of fused-ring (bicyclic) bond motifs is 1. The van der Waals surface area contributed by atoms with Crippen LogP contribution in [0.2, 0.25) is 0 Å². The standard InChI is InChI=1S/C25H27N5O3S2/c1-15(2)33-22-11-10-16(12-17(22)13-26)24-28-29-25(34-24)20-8-4-7-19-18(20)6-5-9-21(19)30-35(32)14-23(31)27-3/h4,7-8,10-12,15,21,30H,5-6,9,14H2,1-3H3,(H,27,31). The van der Waals surface area contributed by atoms with E-state index < -0.39 is 11.0 Å². The van der Waals surface area contributed by atoms with Crippen molar-refractivity contribution in [3.05, 3.63) is 53.1 Å². The maximum Gasteiger partial charge on any atom is 0.233 e. The summed E-state index contributed by atoms with van der Waals surface area (Å²) < 4.78 is 21.3. The highest BCUT2D eigenvalue weighted by atomic mass is 32.2. The first-order valence-corrected chi connectivity index (χ1v) is 13.5. The molecule has 1 aromatic heterocycles. The Morgan fingerprint density at radius 3 is 2.83 bits per heavy atom. The maximum atomic E-state index is 12.4. The van der Waals surface area contributed by atoms with Crippen molar-refractivity contribution in [3.63, 3.8) is 0 Å². The van der Waals surface area contributed by atoms with Gasteiger partial charge in [0.05, 0.1) is 11.7 Å². The largest absolute Gasteiger partial charge is 0.490 e. The summed E-state index contributed by atoms with van der Waals surface area (Å²) in [6.45, 7) is 3.85. The van der Waals surface area contributed by atoms with Gasteiger partial charge in [-0.2, -0.15) is 5.26 Å². The van der Waals surface area contributed by atoms with Crippen LogP contribution in [0.3, 0.4) is 0 Å². The number of nitriles is 1. The molecule has 1 heterocycles. The van der Waals surface area contributed by atoms with Crippen LogP contribution in [-0.2, 0) is 22.2 Å². The normalized spacial score (nSPS) is 15.8. The van der Waals surface area contributed by atoms with Gasteiger partial charge >= 0.3 is 0 Å². The van der Waals surface area contributed by atoms with Crippen LogP contribution < -0.4 is 14.8 Å². The topological polar surface area (TPSA) is 117 Å². The van der Waals surface area contributed by atoms with E-state index >= 15 is 0 Å². The summed E-state index contributed by atoms with van der Waals surface area (Å²) in [4.78, 5) is 11.6. The molecular weight excluding hydrogens is 482 g/mol. The monoisotopic (exact) mass is 509 g/mol. The minimum Gasteiger partial charge on any atom is -0.490 e. The van der Waals surface area contributed by atoms with E-state index in [-0.39, 0.29) is 23.8 Å². The highest BCUT2D eigenvalue weighted by Gasteiger charge is 2.25. The van der Waals surface area contributed by atoms with Gasteiger partial charge in [-0.05, 0) is 62.4 Å². The number of ether oxygens (including phenoxy) is 1. The van der Waals surface area contributed by atoms with E-state index in [1.54, 1.807) is 12.1 Å². The molecule has 3 aromatic rings. The molecule has 1 aliphatic rings. The average Bonchev–Trinajstić information content (AvgIpc) is 3.34. The molecule has 0 saturated heterocycles. The lowest BCUT2D eigenvalue weighted by molar-refractivity contribution is -0.118. The highest BCUT2D eigenvalue weighted by Crippen LogP contribution is 2.39. The third-order valence-corrected chi connectivity index (χ3v) is 7.76. The summed E-state index contributed by atoms with van der Waals surface area (Å²) in [5.41, 5.74) is 4.53. The third kappa shape index (κ3) is 5.75. The Balaban J connectivity index is 1.60. The second-order valence-electron chi connectivity index (χ2n) is 8.50. The summed E-state index contributed by atoms with van der Waals surface area (Å²) >= 11 is 1.47. The summed E-state index contributed by atoms with van der Waals surface area (Å²) in [6, 6.07) is 13.6. The van der Waals surface area contributed by atoms with Crippen LogP contribution in [0.1, 0.15) is 49.4 Å². The van der Waals surface area contributed by atoms with Gasteiger partial charge in [-0.3, -0.25) is 4.79 Å². The van der Waals surface area contributed by atoms with Gasteiger partial charge in [-0.25, -0.2) is 8.93 Å². The molecule has 2 aromatic carbocycles. The van der Waals surface area contributed by atoms with Crippen LogP contribution in [0.4, 0.5) is 0 Å². The molecule has 0 bridgehead atoms. The molecule has 2 unspecified atom stereocenters. The van der Waals surface area contributed by atoms with E-state index in [1.807, 2.05) is 38.1 Å². The SMILES string of the molecule is CNC(=O)CS(=O)NC1CCCc2c(-c3nnc(-c4ccc(OC(C)C)c(C#N)c4)s3)cccc21. The number of hydrogen-bond acceptors (Lipinski definition) is 7. The van der Waals surface area contributed by atoms with Crippen LogP contribution in [0.25, 0.3) is 21.1 Å². The number of carbonyl (C=O) groups excluding carboxylic acids is 1. The molecule has 2 atom stereocenters. The number of nitrogens with zero attached hydrogens (tertiary/aromatic N) is 3. The zero-order chi connectivity index (χ0) is 24.9. The van der Waals surface area contributed by atoms with Crippen molar-refractivity contribution >= 4 is 28.2 Å². The molecule has 0 aliphatic heterocycles. The highest BCUT2D eigenvalue weighted by molar-refractivity contribution is 7.83. The number of hydrogen-bond donors (Lipinski definition) is 2. The van der Waals surface area contributed by atoms with Crippen LogP contribution in [0.15, 0.2) is 36.4 Å². The number of nitrogens with one attached hydrogen (secondary N) is 2. The van der Waals surface area contributed by atoms with Gasteiger partial charge in [0.1, 0.15) is 38.6 Å². The van der Waals surface area contributed by atoms with Crippen LogP contribution in [-0.4, -0.2) is 39.2 Å². The Bertz CT molecular complexity index is 1300. The fraction of sp³-hybridized carbons (Fsp3) is 0.360. The molecule has 35 heavy (non-hydrogen) atoms. The summed E-state index contributed by atoms with van der Waals surface area (Å²) in [7, 11) is 0.0747. The van der Waals surface area contributed by atoms with E-state index in [0.29, 0.717) is 11.3 Å². The lowest BCUT2D eigenvalue weighted by Crippen LogP contribution is -2.33. The molecule has 0 saturated carbocycles. The quantitative estimate of drug-likeness (QED) is 0.476. The van der Waals surface area contributed by atoms with Gasteiger partial charge in [-0.1, -0.05) is 29.5 Å². The van der Waals surface area contributed by atoms with Crippen LogP contribution in [0.5, 0.6) is 5.75 Å². The minimum absolute atomic E-state index is 0.0233. The molecule has 0 spiro atoms.